The Morgan fingerprint density at radius 2 is 2.33 bits per heavy atom. The van der Waals surface area contributed by atoms with E-state index >= 15 is 0 Å². The highest BCUT2D eigenvalue weighted by molar-refractivity contribution is 6.20. The minimum absolute atomic E-state index is 0.0875. The highest BCUT2D eigenvalue weighted by Gasteiger charge is 2.12. The first-order chi connectivity index (χ1) is 7.22. The van der Waals surface area contributed by atoms with Crippen LogP contribution in [0.2, 0.25) is 0 Å². The summed E-state index contributed by atoms with van der Waals surface area (Å²) < 4.78 is 0. The molecular weight excluding hydrogens is 210 g/mol. The van der Waals surface area contributed by atoms with Gasteiger partial charge in [-0.15, -0.1) is 11.6 Å². The van der Waals surface area contributed by atoms with E-state index in [9.17, 15) is 0 Å². The van der Waals surface area contributed by atoms with Gasteiger partial charge in [-0.1, -0.05) is 13.0 Å². The summed E-state index contributed by atoms with van der Waals surface area (Å²) in [5.74, 6) is 0. The third kappa shape index (κ3) is 3.01. The Morgan fingerprint density at radius 1 is 1.60 bits per heavy atom. The number of alkyl halides is 1. The van der Waals surface area contributed by atoms with Gasteiger partial charge in [0, 0.05) is 6.54 Å². The van der Waals surface area contributed by atoms with Crippen molar-refractivity contribution in [1.82, 2.24) is 9.97 Å². The maximum atomic E-state index is 6.16. The molecule has 0 saturated heterocycles. The monoisotopic (exact) mass is 225 g/mol. The fourth-order valence-electron chi connectivity index (χ4n) is 1.26. The topological polar surface area (TPSA) is 51.8 Å². The first-order valence-electron chi connectivity index (χ1n) is 5.05. The Labute approximate surface area is 95.4 Å². The van der Waals surface area contributed by atoms with E-state index in [4.69, 9.17) is 17.3 Å². The summed E-state index contributed by atoms with van der Waals surface area (Å²) in [4.78, 5) is 8.70. The minimum Gasteiger partial charge on any atom is -0.325 e. The van der Waals surface area contributed by atoms with Gasteiger partial charge in [-0.25, -0.2) is 4.98 Å². The molecule has 0 fully saturated rings. The Morgan fingerprint density at radius 3 is 2.87 bits per heavy atom. The van der Waals surface area contributed by atoms with Crippen molar-refractivity contribution >= 4 is 17.7 Å². The minimum atomic E-state index is -0.0875. The highest BCUT2D eigenvalue weighted by atomic mass is 35.5. The summed E-state index contributed by atoms with van der Waals surface area (Å²) in [6, 6.07) is 0. The summed E-state index contributed by atoms with van der Waals surface area (Å²) in [5.41, 5.74) is 7.95. The van der Waals surface area contributed by atoms with E-state index in [1.165, 1.54) is 0 Å². The van der Waals surface area contributed by atoms with Crippen molar-refractivity contribution in [2.75, 3.05) is 0 Å². The second kappa shape index (κ2) is 5.83. The first kappa shape index (κ1) is 12.1. The Balaban J connectivity index is 3.14. The first-order valence-corrected chi connectivity index (χ1v) is 5.49. The number of rotatable bonds is 4. The average Bonchev–Trinajstić information content (AvgIpc) is 2.28. The Kier molecular flexibility index (Phi) is 4.72. The van der Waals surface area contributed by atoms with Gasteiger partial charge in [0.1, 0.15) is 0 Å². The molecule has 1 heterocycles. The highest BCUT2D eigenvalue weighted by Crippen LogP contribution is 2.24. The number of hydrogen-bond acceptors (Lipinski definition) is 3. The van der Waals surface area contributed by atoms with Gasteiger partial charge in [0.2, 0.25) is 0 Å². The molecule has 1 aromatic rings. The lowest BCUT2D eigenvalue weighted by Gasteiger charge is -2.09. The normalized spacial score (nSPS) is 13.3. The molecule has 1 unspecified atom stereocenters. The maximum Gasteiger partial charge on any atom is 0.0861 e. The van der Waals surface area contributed by atoms with Gasteiger partial charge in [-0.05, 0) is 19.4 Å². The van der Waals surface area contributed by atoms with Crippen molar-refractivity contribution in [3.63, 3.8) is 0 Å². The van der Waals surface area contributed by atoms with Gasteiger partial charge in [-0.3, -0.25) is 4.98 Å². The largest absolute Gasteiger partial charge is 0.325 e. The number of nitrogens with two attached hydrogens (primary N) is 1. The summed E-state index contributed by atoms with van der Waals surface area (Å²) in [6.45, 7) is 4.36. The van der Waals surface area contributed by atoms with Crippen LogP contribution < -0.4 is 5.73 Å². The average molecular weight is 226 g/mol. The molecule has 1 atom stereocenters. The van der Waals surface area contributed by atoms with Gasteiger partial charge in [-0.2, -0.15) is 0 Å². The molecule has 1 aromatic heterocycles. The van der Waals surface area contributed by atoms with Crippen LogP contribution in [-0.4, -0.2) is 9.97 Å². The van der Waals surface area contributed by atoms with Crippen LogP contribution in [0, 0.1) is 0 Å². The van der Waals surface area contributed by atoms with E-state index < -0.39 is 0 Å². The zero-order valence-corrected chi connectivity index (χ0v) is 9.83. The SMILES string of the molecule is C/C=C\c1nc(CN)cnc1C(Cl)CC. The molecule has 3 nitrogen and oxygen atoms in total. The molecule has 0 aliphatic heterocycles. The van der Waals surface area contributed by atoms with E-state index in [0.717, 1.165) is 23.5 Å². The molecule has 1 rings (SSSR count). The van der Waals surface area contributed by atoms with Gasteiger partial charge in [0.25, 0.3) is 0 Å². The fourth-order valence-corrected chi connectivity index (χ4v) is 1.43. The molecule has 0 saturated carbocycles. The van der Waals surface area contributed by atoms with E-state index in [1.54, 1.807) is 6.20 Å². The summed E-state index contributed by atoms with van der Waals surface area (Å²) >= 11 is 6.16. The van der Waals surface area contributed by atoms with E-state index in [0.29, 0.717) is 6.54 Å². The third-order valence-electron chi connectivity index (χ3n) is 2.07. The molecule has 0 bridgehead atoms. The van der Waals surface area contributed by atoms with Crippen LogP contribution in [0.15, 0.2) is 12.3 Å². The smallest absolute Gasteiger partial charge is 0.0861 e. The molecular formula is C11H16ClN3. The third-order valence-corrected chi connectivity index (χ3v) is 2.58. The molecule has 0 amide bonds. The number of hydrogen-bond donors (Lipinski definition) is 1. The van der Waals surface area contributed by atoms with E-state index in [2.05, 4.69) is 9.97 Å². The van der Waals surface area contributed by atoms with Gasteiger partial charge >= 0.3 is 0 Å². The van der Waals surface area contributed by atoms with Crippen LogP contribution in [0.25, 0.3) is 6.08 Å². The number of allylic oxidation sites excluding steroid dienone is 1. The number of halogens is 1. The molecule has 2 N–H and O–H groups in total. The van der Waals surface area contributed by atoms with Gasteiger partial charge in [0.15, 0.2) is 0 Å². The lowest BCUT2D eigenvalue weighted by Crippen LogP contribution is -2.06. The second-order valence-corrected chi connectivity index (χ2v) is 3.74. The summed E-state index contributed by atoms with van der Waals surface area (Å²) in [6.07, 6.45) is 6.36. The fraction of sp³-hybridized carbons (Fsp3) is 0.455. The molecule has 0 aliphatic rings. The predicted octanol–water partition coefficient (Wildman–Crippen LogP) is 2.66. The molecule has 0 radical (unpaired) electrons. The van der Waals surface area contributed by atoms with Crippen molar-refractivity contribution in [2.24, 2.45) is 5.73 Å². The van der Waals surface area contributed by atoms with Crippen LogP contribution in [-0.2, 0) is 6.54 Å². The maximum absolute atomic E-state index is 6.16. The van der Waals surface area contributed by atoms with Gasteiger partial charge in [0.05, 0.1) is 28.7 Å². The Bertz CT molecular complexity index is 350. The molecule has 4 heteroatoms. The van der Waals surface area contributed by atoms with Crippen molar-refractivity contribution < 1.29 is 0 Å². The summed E-state index contributed by atoms with van der Waals surface area (Å²) in [7, 11) is 0. The van der Waals surface area contributed by atoms with Crippen LogP contribution in [0.1, 0.15) is 42.7 Å². The van der Waals surface area contributed by atoms with Crippen molar-refractivity contribution in [3.05, 3.63) is 29.4 Å². The van der Waals surface area contributed by atoms with Crippen LogP contribution in [0.4, 0.5) is 0 Å². The molecule has 0 aromatic carbocycles. The van der Waals surface area contributed by atoms with Crippen molar-refractivity contribution in [2.45, 2.75) is 32.2 Å². The lowest BCUT2D eigenvalue weighted by molar-refractivity contribution is 0.818. The zero-order valence-electron chi connectivity index (χ0n) is 9.07. The van der Waals surface area contributed by atoms with E-state index in [-0.39, 0.29) is 5.38 Å². The van der Waals surface area contributed by atoms with Crippen molar-refractivity contribution in [3.8, 4) is 0 Å². The summed E-state index contributed by atoms with van der Waals surface area (Å²) in [5, 5.41) is -0.0875. The zero-order chi connectivity index (χ0) is 11.3. The van der Waals surface area contributed by atoms with Crippen molar-refractivity contribution in [1.29, 1.82) is 0 Å². The number of nitrogens with zero attached hydrogens (tertiary/aromatic N) is 2. The molecule has 0 spiro atoms. The molecule has 0 aliphatic carbocycles. The predicted molar refractivity (Wildman–Crippen MR) is 63.5 cm³/mol. The lowest BCUT2D eigenvalue weighted by atomic mass is 10.2. The quantitative estimate of drug-likeness (QED) is 0.802. The van der Waals surface area contributed by atoms with Gasteiger partial charge < -0.3 is 5.73 Å². The van der Waals surface area contributed by atoms with E-state index in [1.807, 2.05) is 26.0 Å². The molecule has 15 heavy (non-hydrogen) atoms. The molecule has 82 valence electrons. The van der Waals surface area contributed by atoms with Crippen LogP contribution in [0.5, 0.6) is 0 Å². The standard InChI is InChI=1S/C11H16ClN3/c1-3-5-10-11(9(12)4-2)14-7-8(6-13)15-10/h3,5,7,9H,4,6,13H2,1-2H3/b5-3-. The van der Waals surface area contributed by atoms with Crippen LogP contribution in [0.3, 0.4) is 0 Å². The van der Waals surface area contributed by atoms with Crippen LogP contribution >= 0.6 is 11.6 Å². The Hall–Kier alpha value is -0.930. The number of aromatic nitrogens is 2. The second-order valence-electron chi connectivity index (χ2n) is 3.21.